The van der Waals surface area contributed by atoms with Gasteiger partial charge in [-0.25, -0.2) is 4.39 Å². The highest BCUT2D eigenvalue weighted by molar-refractivity contribution is 6.07. The molecule has 0 saturated heterocycles. The molecular formula is C18H18FNO. The Morgan fingerprint density at radius 3 is 2.76 bits per heavy atom. The molecule has 1 aliphatic rings. The number of amides is 1. The van der Waals surface area contributed by atoms with Gasteiger partial charge in [0.2, 0.25) is 0 Å². The Labute approximate surface area is 124 Å². The summed E-state index contributed by atoms with van der Waals surface area (Å²) >= 11 is 0. The second-order valence-electron chi connectivity index (χ2n) is 5.63. The predicted molar refractivity (Wildman–Crippen MR) is 82.3 cm³/mol. The average Bonchev–Trinajstić information content (AvgIpc) is 2.46. The van der Waals surface area contributed by atoms with Gasteiger partial charge in [0, 0.05) is 6.54 Å². The third-order valence-electron chi connectivity index (χ3n) is 4.02. The zero-order valence-corrected chi connectivity index (χ0v) is 12.3. The molecule has 1 aliphatic heterocycles. The van der Waals surface area contributed by atoms with Gasteiger partial charge in [0.1, 0.15) is 5.82 Å². The molecule has 0 saturated carbocycles. The SMILES string of the molecule is Cc1ccc(C(=O)N2CCCc3cccc(C)c32)c(F)c1. The predicted octanol–water partition coefficient (Wildman–Crippen LogP) is 4.04. The highest BCUT2D eigenvalue weighted by atomic mass is 19.1. The van der Waals surface area contributed by atoms with Crippen molar-refractivity contribution in [3.05, 3.63) is 64.5 Å². The van der Waals surface area contributed by atoms with Crippen LogP contribution in [0.15, 0.2) is 36.4 Å². The van der Waals surface area contributed by atoms with Gasteiger partial charge in [-0.3, -0.25) is 4.79 Å². The molecule has 0 radical (unpaired) electrons. The van der Waals surface area contributed by atoms with Crippen molar-refractivity contribution in [2.45, 2.75) is 26.7 Å². The number of nitrogens with zero attached hydrogens (tertiary/aromatic N) is 1. The lowest BCUT2D eigenvalue weighted by atomic mass is 9.97. The number of aryl methyl sites for hydroxylation is 3. The van der Waals surface area contributed by atoms with Crippen molar-refractivity contribution in [1.82, 2.24) is 0 Å². The first-order chi connectivity index (χ1) is 10.1. The van der Waals surface area contributed by atoms with E-state index in [1.165, 1.54) is 11.6 Å². The summed E-state index contributed by atoms with van der Waals surface area (Å²) in [5.41, 5.74) is 4.15. The maximum absolute atomic E-state index is 14.1. The minimum absolute atomic E-state index is 0.150. The number of carbonyl (C=O) groups excluding carboxylic acids is 1. The fraction of sp³-hybridized carbons (Fsp3) is 0.278. The van der Waals surface area contributed by atoms with Crippen LogP contribution in [0, 0.1) is 19.7 Å². The van der Waals surface area contributed by atoms with Crippen LogP contribution in [0.1, 0.15) is 33.5 Å². The normalized spacial score (nSPS) is 14.0. The summed E-state index contributed by atoms with van der Waals surface area (Å²) in [4.78, 5) is 14.5. The lowest BCUT2D eigenvalue weighted by Crippen LogP contribution is -2.36. The van der Waals surface area contributed by atoms with Gasteiger partial charge in [0.25, 0.3) is 5.91 Å². The van der Waals surface area contributed by atoms with E-state index < -0.39 is 5.82 Å². The zero-order valence-electron chi connectivity index (χ0n) is 12.3. The first-order valence-electron chi connectivity index (χ1n) is 7.24. The minimum Gasteiger partial charge on any atom is -0.308 e. The Morgan fingerprint density at radius 1 is 1.19 bits per heavy atom. The van der Waals surface area contributed by atoms with Crippen LogP contribution < -0.4 is 4.90 Å². The summed E-state index contributed by atoms with van der Waals surface area (Å²) in [7, 11) is 0. The number of benzene rings is 2. The lowest BCUT2D eigenvalue weighted by molar-refractivity contribution is 0.0981. The number of anilines is 1. The van der Waals surface area contributed by atoms with Crippen molar-refractivity contribution in [3.8, 4) is 0 Å². The van der Waals surface area contributed by atoms with Gasteiger partial charge in [-0.1, -0.05) is 24.3 Å². The van der Waals surface area contributed by atoms with Crippen molar-refractivity contribution in [3.63, 3.8) is 0 Å². The molecule has 0 fully saturated rings. The van der Waals surface area contributed by atoms with Gasteiger partial charge in [-0.2, -0.15) is 0 Å². The Kier molecular flexibility index (Phi) is 3.50. The van der Waals surface area contributed by atoms with Crippen LogP contribution in [0.2, 0.25) is 0 Å². The number of fused-ring (bicyclic) bond motifs is 1. The number of hydrogen-bond donors (Lipinski definition) is 0. The summed E-state index contributed by atoms with van der Waals surface area (Å²) in [6.07, 6.45) is 1.88. The topological polar surface area (TPSA) is 20.3 Å². The molecule has 2 aromatic carbocycles. The van der Waals surface area contributed by atoms with E-state index in [2.05, 4.69) is 0 Å². The molecule has 0 unspecified atom stereocenters. The van der Waals surface area contributed by atoms with Gasteiger partial charge < -0.3 is 4.90 Å². The Morgan fingerprint density at radius 2 is 2.00 bits per heavy atom. The summed E-state index contributed by atoms with van der Waals surface area (Å²) in [6, 6.07) is 10.8. The summed E-state index contributed by atoms with van der Waals surface area (Å²) in [5.74, 6) is -0.691. The molecule has 0 aliphatic carbocycles. The minimum atomic E-state index is -0.444. The Balaban J connectivity index is 2.04. The number of para-hydroxylation sites is 1. The van der Waals surface area contributed by atoms with Crippen molar-refractivity contribution in [1.29, 1.82) is 0 Å². The van der Waals surface area contributed by atoms with Crippen LogP contribution in [0.25, 0.3) is 0 Å². The van der Waals surface area contributed by atoms with Gasteiger partial charge >= 0.3 is 0 Å². The largest absolute Gasteiger partial charge is 0.308 e. The number of hydrogen-bond acceptors (Lipinski definition) is 1. The number of halogens is 1. The second-order valence-corrected chi connectivity index (χ2v) is 5.63. The maximum atomic E-state index is 14.1. The van der Waals surface area contributed by atoms with Crippen LogP contribution >= 0.6 is 0 Å². The van der Waals surface area contributed by atoms with Crippen molar-refractivity contribution < 1.29 is 9.18 Å². The molecule has 1 amide bonds. The quantitative estimate of drug-likeness (QED) is 0.773. The first kappa shape index (κ1) is 13.8. The monoisotopic (exact) mass is 283 g/mol. The Hall–Kier alpha value is -2.16. The van der Waals surface area contributed by atoms with E-state index in [1.807, 2.05) is 32.0 Å². The average molecular weight is 283 g/mol. The third-order valence-corrected chi connectivity index (χ3v) is 4.02. The first-order valence-corrected chi connectivity index (χ1v) is 7.24. The van der Waals surface area contributed by atoms with E-state index in [1.54, 1.807) is 17.0 Å². The van der Waals surface area contributed by atoms with E-state index in [0.29, 0.717) is 6.54 Å². The zero-order chi connectivity index (χ0) is 15.0. The van der Waals surface area contributed by atoms with Crippen LogP contribution in [0.4, 0.5) is 10.1 Å². The molecule has 0 aromatic heterocycles. The van der Waals surface area contributed by atoms with E-state index in [4.69, 9.17) is 0 Å². The maximum Gasteiger partial charge on any atom is 0.261 e. The summed E-state index contributed by atoms with van der Waals surface area (Å²) in [5, 5.41) is 0. The van der Waals surface area contributed by atoms with E-state index >= 15 is 0 Å². The molecule has 0 spiro atoms. The molecule has 3 heteroatoms. The van der Waals surface area contributed by atoms with E-state index in [-0.39, 0.29) is 11.5 Å². The van der Waals surface area contributed by atoms with Crippen LogP contribution in [-0.2, 0) is 6.42 Å². The van der Waals surface area contributed by atoms with Crippen LogP contribution in [0.3, 0.4) is 0 Å². The molecule has 2 nitrogen and oxygen atoms in total. The van der Waals surface area contributed by atoms with Crippen molar-refractivity contribution in [2.75, 3.05) is 11.4 Å². The molecular weight excluding hydrogens is 265 g/mol. The molecule has 2 aromatic rings. The van der Waals surface area contributed by atoms with Gasteiger partial charge in [0.15, 0.2) is 0 Å². The second kappa shape index (κ2) is 5.32. The molecule has 0 bridgehead atoms. The molecule has 108 valence electrons. The lowest BCUT2D eigenvalue weighted by Gasteiger charge is -2.31. The van der Waals surface area contributed by atoms with Crippen molar-refractivity contribution in [2.24, 2.45) is 0 Å². The van der Waals surface area contributed by atoms with Crippen LogP contribution in [0.5, 0.6) is 0 Å². The molecule has 3 rings (SSSR count). The highest BCUT2D eigenvalue weighted by Gasteiger charge is 2.26. The fourth-order valence-electron chi connectivity index (χ4n) is 2.99. The molecule has 0 N–H and O–H groups in total. The van der Waals surface area contributed by atoms with Gasteiger partial charge in [-0.15, -0.1) is 0 Å². The summed E-state index contributed by atoms with van der Waals surface area (Å²) < 4.78 is 14.1. The molecule has 0 atom stereocenters. The fourth-order valence-corrected chi connectivity index (χ4v) is 2.99. The Bertz CT molecular complexity index is 708. The van der Waals surface area contributed by atoms with Gasteiger partial charge in [0.05, 0.1) is 11.3 Å². The summed E-state index contributed by atoms with van der Waals surface area (Å²) in [6.45, 7) is 4.46. The van der Waals surface area contributed by atoms with E-state index in [9.17, 15) is 9.18 Å². The number of carbonyl (C=O) groups is 1. The molecule has 1 heterocycles. The third kappa shape index (κ3) is 2.44. The highest BCUT2D eigenvalue weighted by Crippen LogP contribution is 2.32. The molecule has 21 heavy (non-hydrogen) atoms. The standard InChI is InChI=1S/C18H18FNO/c1-12-8-9-15(16(19)11-12)18(21)20-10-4-7-14-6-3-5-13(2)17(14)20/h3,5-6,8-9,11H,4,7,10H2,1-2H3. The van der Waals surface area contributed by atoms with E-state index in [0.717, 1.165) is 29.7 Å². The number of rotatable bonds is 1. The smallest absolute Gasteiger partial charge is 0.261 e. The van der Waals surface area contributed by atoms with Gasteiger partial charge in [-0.05, 0) is 55.5 Å². The van der Waals surface area contributed by atoms with Crippen molar-refractivity contribution >= 4 is 11.6 Å². The van der Waals surface area contributed by atoms with Crippen LogP contribution in [-0.4, -0.2) is 12.5 Å².